The normalized spacial score (nSPS) is 22.4. The monoisotopic (exact) mass is 605 g/mol. The number of hydrogen-bond acceptors (Lipinski definition) is 6. The Morgan fingerprint density at radius 2 is 1.95 bits per heavy atom. The number of para-hydroxylation sites is 1. The van der Waals surface area contributed by atoms with Crippen molar-refractivity contribution in [2.24, 2.45) is 0 Å². The van der Waals surface area contributed by atoms with Gasteiger partial charge in [0.15, 0.2) is 17.1 Å². The second kappa shape index (κ2) is 11.1. The molecule has 3 aliphatic heterocycles. The van der Waals surface area contributed by atoms with Crippen LogP contribution in [0.5, 0.6) is 11.5 Å². The molecule has 224 valence electrons. The Balaban J connectivity index is 1.09. The number of piperidine rings is 1. The van der Waals surface area contributed by atoms with Gasteiger partial charge in [-0.1, -0.05) is 29.8 Å². The fourth-order valence-corrected chi connectivity index (χ4v) is 6.62. The number of carbonyl (C=O) groups is 1. The van der Waals surface area contributed by atoms with E-state index in [-0.39, 0.29) is 24.2 Å². The van der Waals surface area contributed by atoms with Gasteiger partial charge in [-0.3, -0.25) is 4.90 Å². The summed E-state index contributed by atoms with van der Waals surface area (Å²) in [6, 6.07) is 15.7. The summed E-state index contributed by atoms with van der Waals surface area (Å²) in [4.78, 5) is 18.9. The first-order chi connectivity index (χ1) is 20.8. The van der Waals surface area contributed by atoms with Crippen molar-refractivity contribution < 1.29 is 28.5 Å². The van der Waals surface area contributed by atoms with Gasteiger partial charge in [-0.05, 0) is 81.6 Å². The Labute approximate surface area is 253 Å². The fraction of sp³-hybridized carbons (Fsp3) is 0.394. The molecule has 1 aromatic heterocycles. The van der Waals surface area contributed by atoms with E-state index >= 15 is 0 Å². The lowest BCUT2D eigenvalue weighted by Gasteiger charge is -2.39. The second-order valence-corrected chi connectivity index (χ2v) is 12.3. The van der Waals surface area contributed by atoms with Crippen LogP contribution >= 0.6 is 11.6 Å². The molecular weight excluding hydrogens is 573 g/mol. The van der Waals surface area contributed by atoms with Crippen LogP contribution in [0.1, 0.15) is 59.4 Å². The van der Waals surface area contributed by atoms with Crippen molar-refractivity contribution in [1.29, 1.82) is 0 Å². The van der Waals surface area contributed by atoms with E-state index in [1.807, 2.05) is 19.1 Å². The zero-order chi connectivity index (χ0) is 29.7. The van der Waals surface area contributed by atoms with Crippen LogP contribution in [0.3, 0.4) is 0 Å². The third-order valence-electron chi connectivity index (χ3n) is 8.99. The van der Waals surface area contributed by atoms with Gasteiger partial charge in [0.05, 0.1) is 35.8 Å². The molecule has 2 saturated heterocycles. The molecule has 7 rings (SSSR count). The van der Waals surface area contributed by atoms with Crippen molar-refractivity contribution in [2.75, 3.05) is 26.3 Å². The number of rotatable bonds is 7. The van der Waals surface area contributed by atoms with Crippen LogP contribution in [0.25, 0.3) is 11.0 Å². The largest absolute Gasteiger partial charge is 0.485 e. The molecule has 4 heterocycles. The molecule has 4 aromatic rings. The maximum Gasteiger partial charge on any atom is 0.335 e. The van der Waals surface area contributed by atoms with Crippen LogP contribution in [-0.2, 0) is 23.4 Å². The Morgan fingerprint density at radius 3 is 2.67 bits per heavy atom. The third-order valence-corrected chi connectivity index (χ3v) is 9.22. The Bertz CT molecular complexity index is 1700. The average Bonchev–Trinajstić information content (AvgIpc) is 3.30. The summed E-state index contributed by atoms with van der Waals surface area (Å²) in [5.74, 6) is 1.17. The van der Waals surface area contributed by atoms with Crippen molar-refractivity contribution in [3.05, 3.63) is 88.0 Å². The van der Waals surface area contributed by atoms with Crippen LogP contribution in [0.15, 0.2) is 54.6 Å². The summed E-state index contributed by atoms with van der Waals surface area (Å²) >= 11 is 6.00. The van der Waals surface area contributed by atoms with E-state index in [9.17, 15) is 14.3 Å². The van der Waals surface area contributed by atoms with E-state index in [0.29, 0.717) is 35.2 Å². The van der Waals surface area contributed by atoms with Crippen molar-refractivity contribution >= 4 is 28.6 Å². The van der Waals surface area contributed by atoms with Crippen molar-refractivity contribution in [3.63, 3.8) is 0 Å². The van der Waals surface area contributed by atoms with Crippen LogP contribution in [0, 0.1) is 5.82 Å². The standard InChI is InChI=1S/C33H33ClFN3O5/c1-33(25-7-6-22(34)16-26(25)35)19-42-29-4-2-3-24(31(29)43-33)20-9-12-37(13-10-20)18-30-36-27-8-5-21(32(39)40)15-28(27)38(30)17-23-11-14-41-23/h2-8,15-16,20,23H,9-14,17-19H2,1H3,(H,39,40)/t23-,33+/m0/s1. The first kappa shape index (κ1) is 28.1. The summed E-state index contributed by atoms with van der Waals surface area (Å²) in [5.41, 5.74) is 2.38. The Morgan fingerprint density at radius 1 is 1.14 bits per heavy atom. The summed E-state index contributed by atoms with van der Waals surface area (Å²) in [6.07, 6.45) is 2.94. The molecule has 0 unspecified atom stereocenters. The van der Waals surface area contributed by atoms with E-state index in [0.717, 1.165) is 61.4 Å². The molecule has 8 nitrogen and oxygen atoms in total. The molecule has 3 aliphatic rings. The number of imidazole rings is 1. The predicted octanol–water partition coefficient (Wildman–Crippen LogP) is 6.38. The molecule has 43 heavy (non-hydrogen) atoms. The number of carboxylic acid groups (broad SMARTS) is 1. The molecule has 3 aromatic carbocycles. The van der Waals surface area contributed by atoms with E-state index in [1.54, 1.807) is 30.3 Å². The highest BCUT2D eigenvalue weighted by Gasteiger charge is 2.39. The third kappa shape index (κ3) is 5.34. The van der Waals surface area contributed by atoms with Gasteiger partial charge in [-0.2, -0.15) is 0 Å². The average molecular weight is 606 g/mol. The van der Waals surface area contributed by atoms with E-state index in [2.05, 4.69) is 15.5 Å². The van der Waals surface area contributed by atoms with Crippen molar-refractivity contribution in [1.82, 2.24) is 14.5 Å². The maximum atomic E-state index is 14.9. The molecular formula is C33H33ClFN3O5. The summed E-state index contributed by atoms with van der Waals surface area (Å²) in [7, 11) is 0. The number of fused-ring (bicyclic) bond motifs is 2. The van der Waals surface area contributed by atoms with Gasteiger partial charge in [-0.25, -0.2) is 14.2 Å². The number of benzene rings is 3. The molecule has 10 heteroatoms. The minimum atomic E-state index is -0.984. The highest BCUT2D eigenvalue weighted by atomic mass is 35.5. The van der Waals surface area contributed by atoms with Crippen LogP contribution < -0.4 is 9.47 Å². The number of aromatic carboxylic acids is 1. The molecule has 2 atom stereocenters. The summed E-state index contributed by atoms with van der Waals surface area (Å²) in [5, 5.41) is 9.88. The lowest BCUT2D eigenvalue weighted by atomic mass is 9.87. The summed E-state index contributed by atoms with van der Waals surface area (Å²) in [6.45, 7) is 5.85. The molecule has 1 N–H and O–H groups in total. The smallest absolute Gasteiger partial charge is 0.335 e. The first-order valence-corrected chi connectivity index (χ1v) is 15.1. The van der Waals surface area contributed by atoms with Crippen LogP contribution in [-0.4, -0.2) is 57.9 Å². The quantitative estimate of drug-likeness (QED) is 0.261. The second-order valence-electron chi connectivity index (χ2n) is 11.9. The number of ether oxygens (including phenoxy) is 3. The zero-order valence-corrected chi connectivity index (χ0v) is 24.6. The highest BCUT2D eigenvalue weighted by molar-refractivity contribution is 6.30. The van der Waals surface area contributed by atoms with Gasteiger partial charge in [-0.15, -0.1) is 0 Å². The Hall–Kier alpha value is -3.66. The first-order valence-electron chi connectivity index (χ1n) is 14.7. The number of carboxylic acids is 1. The fourth-order valence-electron chi connectivity index (χ4n) is 6.46. The maximum absolute atomic E-state index is 14.9. The van der Waals surface area contributed by atoms with Gasteiger partial charge in [0.2, 0.25) is 0 Å². The molecule has 0 radical (unpaired) electrons. The van der Waals surface area contributed by atoms with Crippen molar-refractivity contribution in [2.45, 2.75) is 56.9 Å². The molecule has 0 spiro atoms. The van der Waals surface area contributed by atoms with E-state index < -0.39 is 17.4 Å². The predicted molar refractivity (Wildman–Crippen MR) is 160 cm³/mol. The SMILES string of the molecule is C[C@]1(c2ccc(Cl)cc2F)COc2cccc(C3CCN(Cc4nc5ccc(C(=O)O)cc5n4C[C@@H]4CCO4)CC3)c2O1. The lowest BCUT2D eigenvalue weighted by Crippen LogP contribution is -2.41. The topological polar surface area (TPSA) is 86.1 Å². The molecule has 0 saturated carbocycles. The van der Waals surface area contributed by atoms with Gasteiger partial charge in [0.25, 0.3) is 0 Å². The lowest BCUT2D eigenvalue weighted by molar-refractivity contribution is -0.0592. The zero-order valence-electron chi connectivity index (χ0n) is 23.9. The number of likely N-dealkylation sites (tertiary alicyclic amines) is 1. The minimum Gasteiger partial charge on any atom is -0.485 e. The molecule has 2 fully saturated rings. The highest BCUT2D eigenvalue weighted by Crippen LogP contribution is 2.46. The minimum absolute atomic E-state index is 0.119. The van der Waals surface area contributed by atoms with Crippen LogP contribution in [0.4, 0.5) is 4.39 Å². The van der Waals surface area contributed by atoms with Crippen LogP contribution in [0.2, 0.25) is 5.02 Å². The van der Waals surface area contributed by atoms with Crippen molar-refractivity contribution in [3.8, 4) is 11.5 Å². The summed E-state index contributed by atoms with van der Waals surface area (Å²) < 4.78 is 35.5. The van der Waals surface area contributed by atoms with Gasteiger partial charge >= 0.3 is 5.97 Å². The Kier molecular flexibility index (Phi) is 7.27. The van der Waals surface area contributed by atoms with Gasteiger partial charge in [0.1, 0.15) is 18.2 Å². The van der Waals surface area contributed by atoms with E-state index in [4.69, 9.17) is 30.8 Å². The molecule has 0 aliphatic carbocycles. The number of hydrogen-bond donors (Lipinski definition) is 1. The van der Waals surface area contributed by atoms with Gasteiger partial charge < -0.3 is 23.9 Å². The number of halogens is 2. The van der Waals surface area contributed by atoms with Gasteiger partial charge in [0, 0.05) is 22.8 Å². The van der Waals surface area contributed by atoms with E-state index in [1.165, 1.54) is 6.07 Å². The number of nitrogens with zero attached hydrogens (tertiary/aromatic N) is 3. The molecule has 0 bridgehead atoms. The molecule has 0 amide bonds. The number of aromatic nitrogens is 2.